The van der Waals surface area contributed by atoms with Gasteiger partial charge >= 0.3 is 5.97 Å². The molecule has 0 bridgehead atoms. The van der Waals surface area contributed by atoms with Crippen LogP contribution < -0.4 is 5.43 Å². The number of nitrogens with one attached hydrogen (secondary N) is 1. The third kappa shape index (κ3) is 2.40. The Hall–Kier alpha value is -2.25. The second-order valence-corrected chi connectivity index (χ2v) is 6.44. The summed E-state index contributed by atoms with van der Waals surface area (Å²) in [6.45, 7) is 3.68. The summed E-state index contributed by atoms with van der Waals surface area (Å²) < 4.78 is 4.69. The fourth-order valence-electron chi connectivity index (χ4n) is 3.55. The van der Waals surface area contributed by atoms with Gasteiger partial charge < -0.3 is 4.74 Å². The molecule has 128 valence electrons. The summed E-state index contributed by atoms with van der Waals surface area (Å²) in [7, 11) is 3.10. The minimum absolute atomic E-state index is 0.154. The van der Waals surface area contributed by atoms with Gasteiger partial charge in [-0.15, -0.1) is 0 Å². The first kappa shape index (κ1) is 16.6. The smallest absolute Gasteiger partial charge is 0.337 e. The molecule has 0 saturated carbocycles. The molecule has 0 aliphatic carbocycles. The highest BCUT2D eigenvalue weighted by Crippen LogP contribution is 2.40. The van der Waals surface area contributed by atoms with Crippen LogP contribution in [0, 0.1) is 5.92 Å². The number of carbonyl (C=O) groups is 3. The second kappa shape index (κ2) is 5.99. The topological polar surface area (TPSA) is 79.0 Å². The third-order valence-corrected chi connectivity index (χ3v) is 4.68. The molecule has 3 rings (SSSR count). The molecule has 2 saturated heterocycles. The zero-order chi connectivity index (χ0) is 17.6. The average Bonchev–Trinajstić information content (AvgIpc) is 3.03. The van der Waals surface area contributed by atoms with E-state index in [4.69, 9.17) is 4.74 Å². The molecule has 2 aliphatic rings. The van der Waals surface area contributed by atoms with E-state index in [-0.39, 0.29) is 23.9 Å². The lowest BCUT2D eigenvalue weighted by molar-refractivity contribution is -0.143. The van der Waals surface area contributed by atoms with Crippen LogP contribution in [0.4, 0.5) is 0 Å². The van der Waals surface area contributed by atoms with Crippen molar-refractivity contribution in [3.05, 3.63) is 35.4 Å². The van der Waals surface area contributed by atoms with Crippen molar-refractivity contribution in [1.82, 2.24) is 15.3 Å². The molecule has 2 heterocycles. The van der Waals surface area contributed by atoms with E-state index < -0.39 is 17.9 Å². The summed E-state index contributed by atoms with van der Waals surface area (Å²) in [5, 5.41) is 1.71. The van der Waals surface area contributed by atoms with Gasteiger partial charge in [-0.1, -0.05) is 12.1 Å². The van der Waals surface area contributed by atoms with E-state index in [9.17, 15) is 14.4 Å². The van der Waals surface area contributed by atoms with E-state index in [2.05, 4.69) is 5.43 Å². The fraction of sp³-hybridized carbons (Fsp3) is 0.471. The van der Waals surface area contributed by atoms with Gasteiger partial charge in [0.05, 0.1) is 24.6 Å². The zero-order valence-corrected chi connectivity index (χ0v) is 14.1. The number of esters is 1. The summed E-state index contributed by atoms with van der Waals surface area (Å²) in [4.78, 5) is 38.2. The molecule has 7 nitrogen and oxygen atoms in total. The Kier molecular flexibility index (Phi) is 4.15. The Morgan fingerprint density at radius 3 is 2.33 bits per heavy atom. The number of likely N-dealkylation sites (N-methyl/N-ethyl adjacent to an activating group) is 1. The number of hydrazine groups is 1. The number of nitrogens with zero attached hydrogens (tertiary/aromatic N) is 2. The number of ether oxygens (including phenoxy) is 1. The standard InChI is InChI=1S/C17H21N3O4/c1-9(2)20-15(21)12-13(18-19(3)14(12)16(20)22)10-5-7-11(8-6-10)17(23)24-4/h5-9,12-14,18H,1-4H3/t12-,13-,14-/m1/s1. The van der Waals surface area contributed by atoms with Gasteiger partial charge in [-0.2, -0.15) is 0 Å². The molecule has 7 heteroatoms. The van der Waals surface area contributed by atoms with Crippen molar-refractivity contribution >= 4 is 17.8 Å². The molecule has 3 atom stereocenters. The van der Waals surface area contributed by atoms with Crippen LogP contribution in [0.1, 0.15) is 35.8 Å². The van der Waals surface area contributed by atoms with E-state index in [0.29, 0.717) is 5.56 Å². The van der Waals surface area contributed by atoms with Gasteiger partial charge in [0.2, 0.25) is 11.8 Å². The Balaban J connectivity index is 1.91. The first-order chi connectivity index (χ1) is 11.4. The summed E-state index contributed by atoms with van der Waals surface area (Å²) in [6.07, 6.45) is 0. The summed E-state index contributed by atoms with van der Waals surface area (Å²) in [6, 6.07) is 5.95. The molecule has 24 heavy (non-hydrogen) atoms. The quantitative estimate of drug-likeness (QED) is 0.650. The molecule has 1 N–H and O–H groups in total. The summed E-state index contributed by atoms with van der Waals surface area (Å²) >= 11 is 0. The van der Waals surface area contributed by atoms with Crippen LogP contribution in [0.15, 0.2) is 24.3 Å². The number of hydrogen-bond donors (Lipinski definition) is 1. The fourth-order valence-corrected chi connectivity index (χ4v) is 3.55. The molecule has 2 amide bonds. The molecule has 0 aromatic heterocycles. The van der Waals surface area contributed by atoms with Crippen molar-refractivity contribution in [3.8, 4) is 0 Å². The Bertz CT molecular complexity index is 686. The van der Waals surface area contributed by atoms with E-state index in [1.54, 1.807) is 36.3 Å². The molecular formula is C17H21N3O4. The van der Waals surface area contributed by atoms with E-state index >= 15 is 0 Å². The van der Waals surface area contributed by atoms with Gasteiger partial charge in [-0.05, 0) is 31.5 Å². The average molecular weight is 331 g/mol. The van der Waals surface area contributed by atoms with Crippen molar-refractivity contribution in [3.63, 3.8) is 0 Å². The number of amides is 2. The molecular weight excluding hydrogens is 310 g/mol. The van der Waals surface area contributed by atoms with Crippen LogP contribution in [0.5, 0.6) is 0 Å². The SMILES string of the molecule is COC(=O)c1ccc([C@H]2NN(C)[C@H]3C(=O)N(C(C)C)C(=O)[C@H]23)cc1. The Labute approximate surface area is 140 Å². The number of methoxy groups -OCH3 is 1. The minimum atomic E-state index is -0.495. The molecule has 0 unspecified atom stereocenters. The maximum Gasteiger partial charge on any atom is 0.337 e. The van der Waals surface area contributed by atoms with Crippen LogP contribution >= 0.6 is 0 Å². The van der Waals surface area contributed by atoms with Crippen molar-refractivity contribution in [2.45, 2.75) is 32.0 Å². The number of imide groups is 1. The van der Waals surface area contributed by atoms with Gasteiger partial charge in [-0.3, -0.25) is 14.5 Å². The first-order valence-electron chi connectivity index (χ1n) is 7.91. The Morgan fingerprint density at radius 1 is 1.17 bits per heavy atom. The summed E-state index contributed by atoms with van der Waals surface area (Å²) in [5.41, 5.74) is 4.51. The largest absolute Gasteiger partial charge is 0.465 e. The van der Waals surface area contributed by atoms with Gasteiger partial charge in [0, 0.05) is 13.1 Å². The highest BCUT2D eigenvalue weighted by Gasteiger charge is 2.58. The third-order valence-electron chi connectivity index (χ3n) is 4.68. The predicted molar refractivity (Wildman–Crippen MR) is 85.7 cm³/mol. The maximum atomic E-state index is 12.8. The van der Waals surface area contributed by atoms with Gasteiger partial charge in [-0.25, -0.2) is 15.2 Å². The predicted octanol–water partition coefficient (Wildman–Crippen LogP) is 0.726. The lowest BCUT2D eigenvalue weighted by Crippen LogP contribution is -2.45. The minimum Gasteiger partial charge on any atom is -0.465 e. The highest BCUT2D eigenvalue weighted by molar-refractivity contribution is 6.08. The molecule has 2 fully saturated rings. The molecule has 0 radical (unpaired) electrons. The zero-order valence-electron chi connectivity index (χ0n) is 14.1. The van der Waals surface area contributed by atoms with Crippen LogP contribution in [0.2, 0.25) is 0 Å². The number of benzene rings is 1. The van der Waals surface area contributed by atoms with E-state index in [1.807, 2.05) is 13.8 Å². The number of carbonyl (C=O) groups excluding carboxylic acids is 3. The van der Waals surface area contributed by atoms with Crippen LogP contribution in [0.25, 0.3) is 0 Å². The van der Waals surface area contributed by atoms with Crippen molar-refractivity contribution in [2.24, 2.45) is 5.92 Å². The van der Waals surface area contributed by atoms with E-state index in [1.165, 1.54) is 12.0 Å². The summed E-state index contributed by atoms with van der Waals surface area (Å²) in [5.74, 6) is -1.19. The normalized spacial score (nSPS) is 27.0. The number of rotatable bonds is 3. The van der Waals surface area contributed by atoms with E-state index in [0.717, 1.165) is 5.56 Å². The monoisotopic (exact) mass is 331 g/mol. The van der Waals surface area contributed by atoms with Gasteiger partial charge in [0.25, 0.3) is 0 Å². The van der Waals surface area contributed by atoms with Gasteiger partial charge in [0.15, 0.2) is 0 Å². The lowest BCUT2D eigenvalue weighted by Gasteiger charge is -2.24. The molecule has 1 aromatic rings. The Morgan fingerprint density at radius 2 is 1.79 bits per heavy atom. The van der Waals surface area contributed by atoms with Crippen LogP contribution in [-0.4, -0.2) is 53.9 Å². The van der Waals surface area contributed by atoms with Crippen molar-refractivity contribution in [1.29, 1.82) is 0 Å². The first-order valence-corrected chi connectivity index (χ1v) is 7.91. The van der Waals surface area contributed by atoms with Gasteiger partial charge in [0.1, 0.15) is 6.04 Å². The van der Waals surface area contributed by atoms with Crippen molar-refractivity contribution < 1.29 is 19.1 Å². The second-order valence-electron chi connectivity index (χ2n) is 6.44. The molecule has 0 spiro atoms. The van der Waals surface area contributed by atoms with Crippen LogP contribution in [-0.2, 0) is 14.3 Å². The highest BCUT2D eigenvalue weighted by atomic mass is 16.5. The molecule has 2 aliphatic heterocycles. The molecule has 1 aromatic carbocycles. The lowest BCUT2D eigenvalue weighted by atomic mass is 9.90. The van der Waals surface area contributed by atoms with Crippen LogP contribution in [0.3, 0.4) is 0 Å². The van der Waals surface area contributed by atoms with Crippen molar-refractivity contribution in [2.75, 3.05) is 14.2 Å². The number of hydrogen-bond acceptors (Lipinski definition) is 6. The maximum absolute atomic E-state index is 12.8. The number of fused-ring (bicyclic) bond motifs is 1. The number of likely N-dealkylation sites (tertiary alicyclic amines) is 1.